The zero-order chi connectivity index (χ0) is 23.3. The number of aromatic amines is 1. The highest BCUT2D eigenvalue weighted by molar-refractivity contribution is 9.10. The van der Waals surface area contributed by atoms with Gasteiger partial charge >= 0.3 is 11.4 Å². The van der Waals surface area contributed by atoms with Crippen molar-refractivity contribution < 1.29 is 9.59 Å². The lowest BCUT2D eigenvalue weighted by molar-refractivity contribution is -0.122. The number of imide groups is 1. The van der Waals surface area contributed by atoms with Gasteiger partial charge in [-0.25, -0.2) is 28.8 Å². The van der Waals surface area contributed by atoms with E-state index >= 15 is 0 Å². The van der Waals surface area contributed by atoms with Gasteiger partial charge in [-0.3, -0.25) is 9.59 Å². The molecule has 0 spiro atoms. The quantitative estimate of drug-likeness (QED) is 0.432. The minimum absolute atomic E-state index is 0.151. The highest BCUT2D eigenvalue weighted by Crippen LogP contribution is 2.42. The number of nitrogens with zero attached hydrogens (tertiary/aromatic N) is 3. The first-order chi connectivity index (χ1) is 15.8. The van der Waals surface area contributed by atoms with Crippen LogP contribution in [0.3, 0.4) is 0 Å². The largest absolute Gasteiger partial charge is 0.347 e. The molecule has 1 aliphatic carbocycles. The third kappa shape index (κ3) is 3.62. The number of nitrogens with one attached hydrogen (secondary N) is 1. The molecule has 2 amide bonds. The van der Waals surface area contributed by atoms with E-state index in [2.05, 4.69) is 21.0 Å². The Hall–Kier alpha value is -3.46. The number of amides is 2. The molecule has 2 heterocycles. The van der Waals surface area contributed by atoms with E-state index in [1.165, 1.54) is 9.58 Å². The fourth-order valence-electron chi connectivity index (χ4n) is 4.70. The van der Waals surface area contributed by atoms with Crippen LogP contribution in [0.2, 0.25) is 0 Å². The summed E-state index contributed by atoms with van der Waals surface area (Å²) < 4.78 is 3.28. The number of carbonyl (C=O) groups is 2. The van der Waals surface area contributed by atoms with E-state index in [0.29, 0.717) is 5.69 Å². The Morgan fingerprint density at radius 3 is 2.36 bits per heavy atom. The van der Waals surface area contributed by atoms with Crippen LogP contribution in [0.25, 0.3) is 0 Å². The Kier molecular flexibility index (Phi) is 5.28. The zero-order valence-corrected chi connectivity index (χ0v) is 19.4. The van der Waals surface area contributed by atoms with E-state index in [1.54, 1.807) is 30.3 Å². The normalized spacial score (nSPS) is 22.4. The lowest BCUT2D eigenvalue weighted by Gasteiger charge is -2.27. The molecule has 0 radical (unpaired) electrons. The highest BCUT2D eigenvalue weighted by atomic mass is 79.9. The summed E-state index contributed by atoms with van der Waals surface area (Å²) in [5.74, 6) is -1.73. The van der Waals surface area contributed by atoms with Crippen LogP contribution in [0.4, 0.5) is 5.69 Å². The second kappa shape index (κ2) is 8.15. The summed E-state index contributed by atoms with van der Waals surface area (Å²) in [6.45, 7) is 1.97. The first-order valence-corrected chi connectivity index (χ1v) is 11.4. The number of hydrogen-bond donors (Lipinski definition) is 1. The van der Waals surface area contributed by atoms with Crippen LogP contribution in [0.15, 0.2) is 80.3 Å². The Morgan fingerprint density at radius 1 is 0.970 bits per heavy atom. The SMILES string of the molecule is CC1=C[C@@H]2C(=O)N(c3ccc(Br)cc3)C(=O)[C@H]2C[C@@H]1n1[nH]c(=O)n(Cc2ccccc2)c1=O. The van der Waals surface area contributed by atoms with Gasteiger partial charge in [0.15, 0.2) is 0 Å². The van der Waals surface area contributed by atoms with E-state index in [-0.39, 0.29) is 24.8 Å². The Labute approximate surface area is 197 Å². The zero-order valence-electron chi connectivity index (χ0n) is 17.8. The summed E-state index contributed by atoms with van der Waals surface area (Å²) in [5.41, 5.74) is 1.14. The summed E-state index contributed by atoms with van der Waals surface area (Å²) in [6, 6.07) is 15.7. The molecule has 8 nitrogen and oxygen atoms in total. The third-order valence-corrected chi connectivity index (χ3v) is 6.93. The predicted octanol–water partition coefficient (Wildman–Crippen LogP) is 2.85. The molecule has 5 rings (SSSR count). The summed E-state index contributed by atoms with van der Waals surface area (Å²) in [4.78, 5) is 53.2. The highest BCUT2D eigenvalue weighted by Gasteiger charge is 2.50. The van der Waals surface area contributed by atoms with Crippen molar-refractivity contribution in [3.63, 3.8) is 0 Å². The standard InChI is InChI=1S/C24H21BrN4O4/c1-14-11-18-19(22(31)28(21(18)30)17-9-7-16(25)8-10-17)12-20(14)29-24(33)27(23(32)26-29)13-15-5-3-2-4-6-15/h2-11,18-20H,12-13H2,1H3,(H,26,32)/t18-,19-,20-/m0/s1. The smallest absolute Gasteiger partial charge is 0.274 e. The lowest BCUT2D eigenvalue weighted by Crippen LogP contribution is -2.35. The molecule has 2 aliphatic rings. The number of rotatable bonds is 4. The molecular formula is C24H21BrN4O4. The number of allylic oxidation sites excluding steroid dienone is 1. The maximum absolute atomic E-state index is 13.2. The van der Waals surface area contributed by atoms with E-state index in [9.17, 15) is 19.2 Å². The molecule has 3 aromatic rings. The molecule has 1 N–H and O–H groups in total. The van der Waals surface area contributed by atoms with Crippen LogP contribution in [-0.4, -0.2) is 26.2 Å². The van der Waals surface area contributed by atoms with Crippen LogP contribution >= 0.6 is 15.9 Å². The monoisotopic (exact) mass is 508 g/mol. The topological polar surface area (TPSA) is 97.2 Å². The summed E-state index contributed by atoms with van der Waals surface area (Å²) in [7, 11) is 0. The molecule has 33 heavy (non-hydrogen) atoms. The van der Waals surface area contributed by atoms with Crippen molar-refractivity contribution in [2.75, 3.05) is 4.90 Å². The van der Waals surface area contributed by atoms with Crippen LogP contribution in [-0.2, 0) is 16.1 Å². The maximum atomic E-state index is 13.2. The number of anilines is 1. The van der Waals surface area contributed by atoms with Crippen molar-refractivity contribution in [3.8, 4) is 0 Å². The summed E-state index contributed by atoms with van der Waals surface area (Å²) in [6.07, 6.45) is 2.02. The first kappa shape index (κ1) is 21.4. The van der Waals surface area contributed by atoms with Gasteiger partial charge in [-0.2, -0.15) is 0 Å². The van der Waals surface area contributed by atoms with Crippen LogP contribution < -0.4 is 16.3 Å². The number of halogens is 1. The number of aromatic nitrogens is 3. The number of carbonyl (C=O) groups excluding carboxylic acids is 2. The molecule has 2 aromatic carbocycles. The van der Waals surface area contributed by atoms with Crippen LogP contribution in [0.1, 0.15) is 24.9 Å². The van der Waals surface area contributed by atoms with E-state index in [0.717, 1.165) is 20.2 Å². The average Bonchev–Trinajstić information content (AvgIpc) is 3.21. The minimum Gasteiger partial charge on any atom is -0.274 e. The Balaban J connectivity index is 1.46. The number of fused-ring (bicyclic) bond motifs is 1. The second-order valence-corrected chi connectivity index (χ2v) is 9.34. The van der Waals surface area contributed by atoms with Crippen molar-refractivity contribution >= 4 is 33.4 Å². The van der Waals surface area contributed by atoms with Gasteiger partial charge in [0, 0.05) is 4.47 Å². The molecule has 1 saturated heterocycles. The number of H-pyrrole nitrogens is 1. The van der Waals surface area contributed by atoms with Crippen molar-refractivity contribution in [3.05, 3.63) is 97.3 Å². The second-order valence-electron chi connectivity index (χ2n) is 8.42. The molecule has 9 heteroatoms. The number of hydrogen-bond acceptors (Lipinski definition) is 4. The molecule has 3 atom stereocenters. The lowest BCUT2D eigenvalue weighted by atomic mass is 9.80. The van der Waals surface area contributed by atoms with Gasteiger partial charge in [-0.05, 0) is 43.2 Å². The van der Waals surface area contributed by atoms with E-state index < -0.39 is 29.3 Å². The van der Waals surface area contributed by atoms with Gasteiger partial charge in [0.25, 0.3) is 0 Å². The average molecular weight is 509 g/mol. The fourth-order valence-corrected chi connectivity index (χ4v) is 4.97. The molecule has 0 saturated carbocycles. The molecule has 168 valence electrons. The number of benzene rings is 2. The van der Waals surface area contributed by atoms with Gasteiger partial charge in [0.1, 0.15) is 0 Å². The van der Waals surface area contributed by atoms with Gasteiger partial charge < -0.3 is 0 Å². The molecule has 0 bridgehead atoms. The predicted molar refractivity (Wildman–Crippen MR) is 126 cm³/mol. The Morgan fingerprint density at radius 2 is 1.67 bits per heavy atom. The molecule has 1 fully saturated rings. The first-order valence-electron chi connectivity index (χ1n) is 10.6. The molecular weight excluding hydrogens is 488 g/mol. The van der Waals surface area contributed by atoms with Crippen molar-refractivity contribution in [2.45, 2.75) is 25.9 Å². The van der Waals surface area contributed by atoms with Gasteiger partial charge in [0.2, 0.25) is 11.8 Å². The van der Waals surface area contributed by atoms with Crippen molar-refractivity contribution in [1.82, 2.24) is 14.3 Å². The van der Waals surface area contributed by atoms with Crippen LogP contribution in [0.5, 0.6) is 0 Å². The maximum Gasteiger partial charge on any atom is 0.347 e. The minimum atomic E-state index is -0.595. The molecule has 1 aromatic heterocycles. The van der Waals surface area contributed by atoms with E-state index in [1.807, 2.05) is 37.3 Å². The van der Waals surface area contributed by atoms with Gasteiger partial charge in [-0.1, -0.05) is 57.9 Å². The van der Waals surface area contributed by atoms with Gasteiger partial charge in [-0.15, -0.1) is 0 Å². The van der Waals surface area contributed by atoms with E-state index in [4.69, 9.17) is 0 Å². The Bertz CT molecular complexity index is 1380. The fraction of sp³-hybridized carbons (Fsp3) is 0.250. The van der Waals surface area contributed by atoms with Crippen molar-refractivity contribution in [2.24, 2.45) is 11.8 Å². The third-order valence-electron chi connectivity index (χ3n) is 6.40. The summed E-state index contributed by atoms with van der Waals surface area (Å²) >= 11 is 3.36. The van der Waals surface area contributed by atoms with Crippen LogP contribution in [0, 0.1) is 11.8 Å². The van der Waals surface area contributed by atoms with Gasteiger partial charge in [0.05, 0.1) is 30.1 Å². The van der Waals surface area contributed by atoms with Crippen molar-refractivity contribution in [1.29, 1.82) is 0 Å². The summed E-state index contributed by atoms with van der Waals surface area (Å²) in [5, 5.41) is 2.64. The molecule has 1 aliphatic heterocycles. The molecule has 0 unspecified atom stereocenters.